The van der Waals surface area contributed by atoms with Crippen LogP contribution in [0.1, 0.15) is 5.56 Å². The van der Waals surface area contributed by atoms with Gasteiger partial charge in [0.05, 0.1) is 7.11 Å². The van der Waals surface area contributed by atoms with Crippen LogP contribution >= 0.6 is 0 Å². The van der Waals surface area contributed by atoms with Crippen LogP contribution in [0.4, 0.5) is 5.82 Å². The van der Waals surface area contributed by atoms with E-state index in [-0.39, 0.29) is 0 Å². The molecule has 2 aromatic rings. The molecule has 4 N–H and O–H groups in total. The van der Waals surface area contributed by atoms with Crippen molar-refractivity contribution >= 4 is 11.8 Å². The summed E-state index contributed by atoms with van der Waals surface area (Å²) in [5.41, 5.74) is 14.4. The molecule has 5 nitrogen and oxygen atoms in total. The maximum absolute atomic E-state index is 11.3. The number of rotatable bonds is 4. The minimum atomic E-state index is -0.637. The minimum absolute atomic E-state index is 0.406. The van der Waals surface area contributed by atoms with Crippen LogP contribution in [-0.2, 0) is 16.0 Å². The SMILES string of the molecule is COC(=O)[C@@H](N)Cc1ccc(-c2ccnc(N)c2)cc1. The van der Waals surface area contributed by atoms with Crippen LogP contribution in [0.5, 0.6) is 0 Å². The van der Waals surface area contributed by atoms with E-state index in [1.54, 1.807) is 6.20 Å². The smallest absolute Gasteiger partial charge is 0.322 e. The Morgan fingerprint density at radius 3 is 2.55 bits per heavy atom. The molecule has 0 saturated heterocycles. The summed E-state index contributed by atoms with van der Waals surface area (Å²) in [6.07, 6.45) is 2.12. The van der Waals surface area contributed by atoms with Gasteiger partial charge in [-0.15, -0.1) is 0 Å². The van der Waals surface area contributed by atoms with Crippen LogP contribution in [0, 0.1) is 0 Å². The van der Waals surface area contributed by atoms with Crippen molar-refractivity contribution in [3.05, 3.63) is 48.2 Å². The van der Waals surface area contributed by atoms with Gasteiger partial charge in [0.25, 0.3) is 0 Å². The van der Waals surface area contributed by atoms with Crippen molar-refractivity contribution in [1.82, 2.24) is 4.98 Å². The Morgan fingerprint density at radius 1 is 1.25 bits per heavy atom. The molecule has 0 aliphatic carbocycles. The molecule has 20 heavy (non-hydrogen) atoms. The van der Waals surface area contributed by atoms with E-state index >= 15 is 0 Å². The number of carbonyl (C=O) groups is 1. The molecule has 1 heterocycles. The molecule has 1 aromatic carbocycles. The molecule has 0 radical (unpaired) electrons. The van der Waals surface area contributed by atoms with Gasteiger partial charge in [0.2, 0.25) is 0 Å². The highest BCUT2D eigenvalue weighted by molar-refractivity contribution is 5.75. The first kappa shape index (κ1) is 14.0. The van der Waals surface area contributed by atoms with Gasteiger partial charge in [0.1, 0.15) is 11.9 Å². The Bertz CT molecular complexity index is 596. The van der Waals surface area contributed by atoms with Gasteiger partial charge >= 0.3 is 5.97 Å². The number of nitrogens with two attached hydrogens (primary N) is 2. The molecule has 0 spiro atoms. The summed E-state index contributed by atoms with van der Waals surface area (Å²) in [4.78, 5) is 15.2. The largest absolute Gasteiger partial charge is 0.468 e. The Hall–Kier alpha value is -2.40. The summed E-state index contributed by atoms with van der Waals surface area (Å²) in [5, 5.41) is 0. The molecule has 0 saturated carbocycles. The van der Waals surface area contributed by atoms with E-state index < -0.39 is 12.0 Å². The van der Waals surface area contributed by atoms with Gasteiger partial charge in [0.15, 0.2) is 0 Å². The number of hydrogen-bond donors (Lipinski definition) is 2. The highest BCUT2D eigenvalue weighted by atomic mass is 16.5. The molecule has 0 fully saturated rings. The summed E-state index contributed by atoms with van der Waals surface area (Å²) in [6, 6.07) is 10.9. The molecule has 104 valence electrons. The van der Waals surface area contributed by atoms with E-state index in [0.717, 1.165) is 16.7 Å². The number of aromatic nitrogens is 1. The lowest BCUT2D eigenvalue weighted by Crippen LogP contribution is -2.33. The zero-order valence-corrected chi connectivity index (χ0v) is 11.2. The predicted molar refractivity (Wildman–Crippen MR) is 77.8 cm³/mol. The molecule has 0 bridgehead atoms. The summed E-state index contributed by atoms with van der Waals surface area (Å²) in [7, 11) is 1.33. The number of nitrogens with zero attached hydrogens (tertiary/aromatic N) is 1. The monoisotopic (exact) mass is 271 g/mol. The number of benzene rings is 1. The second-order valence-electron chi connectivity index (χ2n) is 4.50. The number of anilines is 1. The Morgan fingerprint density at radius 2 is 1.95 bits per heavy atom. The first-order chi connectivity index (χ1) is 9.60. The second-order valence-corrected chi connectivity index (χ2v) is 4.50. The molecule has 0 unspecified atom stereocenters. The van der Waals surface area contributed by atoms with Crippen LogP contribution in [0.15, 0.2) is 42.6 Å². The van der Waals surface area contributed by atoms with Gasteiger partial charge in [-0.1, -0.05) is 24.3 Å². The van der Waals surface area contributed by atoms with Gasteiger partial charge in [-0.05, 0) is 35.2 Å². The lowest BCUT2D eigenvalue weighted by atomic mass is 10.0. The van der Waals surface area contributed by atoms with Crippen molar-refractivity contribution in [2.45, 2.75) is 12.5 Å². The fourth-order valence-corrected chi connectivity index (χ4v) is 1.95. The minimum Gasteiger partial charge on any atom is -0.468 e. The van der Waals surface area contributed by atoms with E-state index in [0.29, 0.717) is 12.2 Å². The molecule has 1 atom stereocenters. The van der Waals surface area contributed by atoms with Crippen molar-refractivity contribution < 1.29 is 9.53 Å². The number of pyridine rings is 1. The Balaban J connectivity index is 2.12. The van der Waals surface area contributed by atoms with Crippen LogP contribution < -0.4 is 11.5 Å². The zero-order valence-electron chi connectivity index (χ0n) is 11.2. The van der Waals surface area contributed by atoms with Crippen molar-refractivity contribution in [3.8, 4) is 11.1 Å². The topological polar surface area (TPSA) is 91.2 Å². The third-order valence-corrected chi connectivity index (χ3v) is 3.03. The first-order valence-electron chi connectivity index (χ1n) is 6.24. The van der Waals surface area contributed by atoms with Gasteiger partial charge in [-0.25, -0.2) is 4.98 Å². The summed E-state index contributed by atoms with van der Waals surface area (Å²) < 4.78 is 4.61. The van der Waals surface area contributed by atoms with Crippen molar-refractivity contribution in [2.75, 3.05) is 12.8 Å². The molecule has 2 rings (SSSR count). The number of hydrogen-bond acceptors (Lipinski definition) is 5. The number of ether oxygens (including phenoxy) is 1. The maximum atomic E-state index is 11.3. The first-order valence-corrected chi connectivity index (χ1v) is 6.24. The zero-order chi connectivity index (χ0) is 14.5. The maximum Gasteiger partial charge on any atom is 0.322 e. The van der Waals surface area contributed by atoms with Crippen LogP contribution in [0.25, 0.3) is 11.1 Å². The summed E-state index contributed by atoms with van der Waals surface area (Å²) in [6.45, 7) is 0. The fraction of sp³-hybridized carbons (Fsp3) is 0.200. The third kappa shape index (κ3) is 3.33. The summed E-state index contributed by atoms with van der Waals surface area (Å²) in [5.74, 6) is 0.0790. The number of carbonyl (C=O) groups excluding carboxylic acids is 1. The van der Waals surface area contributed by atoms with Gasteiger partial charge in [0, 0.05) is 6.20 Å². The average molecular weight is 271 g/mol. The Kier molecular flexibility index (Phi) is 4.32. The molecule has 0 amide bonds. The van der Waals surface area contributed by atoms with Gasteiger partial charge in [-0.2, -0.15) is 0 Å². The van der Waals surface area contributed by atoms with Crippen molar-refractivity contribution in [2.24, 2.45) is 5.73 Å². The highest BCUT2D eigenvalue weighted by Crippen LogP contribution is 2.21. The van der Waals surface area contributed by atoms with Crippen molar-refractivity contribution in [1.29, 1.82) is 0 Å². The van der Waals surface area contributed by atoms with Gasteiger partial charge < -0.3 is 16.2 Å². The lowest BCUT2D eigenvalue weighted by molar-refractivity contribution is -0.142. The molecular formula is C15H17N3O2. The molecule has 0 aliphatic heterocycles. The van der Waals surface area contributed by atoms with E-state index in [1.807, 2.05) is 36.4 Å². The molecule has 0 aliphatic rings. The van der Waals surface area contributed by atoms with Crippen molar-refractivity contribution in [3.63, 3.8) is 0 Å². The second kappa shape index (κ2) is 6.16. The number of nitrogen functional groups attached to an aromatic ring is 1. The van der Waals surface area contributed by atoms with E-state index in [1.165, 1.54) is 7.11 Å². The van der Waals surface area contributed by atoms with E-state index in [9.17, 15) is 4.79 Å². The van der Waals surface area contributed by atoms with E-state index in [4.69, 9.17) is 11.5 Å². The van der Waals surface area contributed by atoms with Crippen LogP contribution in [0.2, 0.25) is 0 Å². The number of esters is 1. The third-order valence-electron chi connectivity index (χ3n) is 3.03. The summed E-state index contributed by atoms with van der Waals surface area (Å²) >= 11 is 0. The number of methoxy groups -OCH3 is 1. The predicted octanol–water partition coefficient (Wildman–Crippen LogP) is 1.37. The standard InChI is InChI=1S/C15H17N3O2/c1-20-15(19)13(16)8-10-2-4-11(5-3-10)12-6-7-18-14(17)9-12/h2-7,9,13H,8,16H2,1H3,(H2,17,18)/t13-/m0/s1. The van der Waals surface area contributed by atoms with Crippen LogP contribution in [0.3, 0.4) is 0 Å². The molecule has 5 heteroatoms. The Labute approximate surface area is 117 Å². The van der Waals surface area contributed by atoms with Crippen LogP contribution in [-0.4, -0.2) is 24.1 Å². The fourth-order valence-electron chi connectivity index (χ4n) is 1.95. The average Bonchev–Trinajstić information content (AvgIpc) is 2.47. The molecule has 1 aromatic heterocycles. The lowest BCUT2D eigenvalue weighted by Gasteiger charge is -2.10. The highest BCUT2D eigenvalue weighted by Gasteiger charge is 2.14. The molecular weight excluding hydrogens is 254 g/mol. The van der Waals surface area contributed by atoms with E-state index in [2.05, 4.69) is 9.72 Å². The quantitative estimate of drug-likeness (QED) is 0.820. The van der Waals surface area contributed by atoms with Gasteiger partial charge in [-0.3, -0.25) is 4.79 Å². The normalized spacial score (nSPS) is 11.9.